The number of nitrogens with zero attached hydrogens (tertiary/aromatic N) is 1. The molecule has 10 rings (SSSR count). The van der Waals surface area contributed by atoms with Gasteiger partial charge in [0.15, 0.2) is 0 Å². The third-order valence-electron chi connectivity index (χ3n) is 9.90. The summed E-state index contributed by atoms with van der Waals surface area (Å²) in [6, 6.07) is 55.1. The smallest absolute Gasteiger partial charge is 0.135 e. The molecule has 0 saturated carbocycles. The molecule has 1 aromatic heterocycles. The van der Waals surface area contributed by atoms with Crippen LogP contribution in [0.15, 0.2) is 152 Å². The number of benzene rings is 7. The van der Waals surface area contributed by atoms with Gasteiger partial charge in [-0.3, -0.25) is 0 Å². The third-order valence-corrected chi connectivity index (χ3v) is 9.90. The Kier molecular flexibility index (Phi) is 5.44. The van der Waals surface area contributed by atoms with E-state index in [1.807, 2.05) is 6.07 Å². The van der Waals surface area contributed by atoms with E-state index in [0.717, 1.165) is 41.2 Å². The van der Waals surface area contributed by atoms with E-state index >= 15 is 0 Å². The second-order valence-corrected chi connectivity index (χ2v) is 12.4. The predicted molar refractivity (Wildman–Crippen MR) is 190 cm³/mol. The monoisotopic (exact) mass is 587 g/mol. The van der Waals surface area contributed by atoms with Gasteiger partial charge >= 0.3 is 0 Å². The quantitative estimate of drug-likeness (QED) is 0.196. The molecule has 0 fully saturated rings. The molecule has 1 aliphatic heterocycles. The molecule has 2 aliphatic rings. The van der Waals surface area contributed by atoms with Crippen molar-refractivity contribution in [3.8, 4) is 61.7 Å². The van der Waals surface area contributed by atoms with Gasteiger partial charge < -0.3 is 9.30 Å². The average Bonchev–Trinajstić information content (AvgIpc) is 3.36. The summed E-state index contributed by atoms with van der Waals surface area (Å²) in [6.07, 6.45) is 2.09. The maximum atomic E-state index is 6.57. The van der Waals surface area contributed by atoms with Crippen LogP contribution in [0.4, 0.5) is 0 Å². The first-order valence-corrected chi connectivity index (χ1v) is 16.1. The fourth-order valence-corrected chi connectivity index (χ4v) is 7.72. The standard InChI is InChI=1S/C44H29NO/c1-2-10-28(11-3-1)30-20-18-29-19-21-31-25-42-39(27-38(31)37(29)24-30)35-14-6-8-16-41(35)45(42)32-22-23-44-40(26-32)34-13-5-4-12-33(34)36-15-7-9-17-43(36)46-44/h1-18,20,22-27H,19,21H2. The lowest BCUT2D eigenvalue weighted by Gasteiger charge is -2.22. The van der Waals surface area contributed by atoms with Gasteiger partial charge in [0.1, 0.15) is 11.5 Å². The van der Waals surface area contributed by atoms with Crippen molar-refractivity contribution >= 4 is 21.8 Å². The maximum absolute atomic E-state index is 6.57. The molecular formula is C44H29NO. The lowest BCUT2D eigenvalue weighted by atomic mass is 9.83. The molecule has 0 N–H and O–H groups in total. The van der Waals surface area contributed by atoms with Crippen LogP contribution in [0.5, 0.6) is 11.5 Å². The molecule has 0 saturated heterocycles. The van der Waals surface area contributed by atoms with Crippen LogP contribution in [0, 0.1) is 0 Å². The number of rotatable bonds is 2. The molecule has 0 spiro atoms. The van der Waals surface area contributed by atoms with E-state index < -0.39 is 0 Å². The van der Waals surface area contributed by atoms with Gasteiger partial charge in [0.05, 0.1) is 11.0 Å². The molecule has 0 atom stereocenters. The summed E-state index contributed by atoms with van der Waals surface area (Å²) in [4.78, 5) is 0. The SMILES string of the molecule is c1ccc(-c2ccc3c(c2)-c2cc4c5ccccc5n(-c5ccc6c(c5)-c5ccccc5-c5ccccc5O6)c4cc2CC3)cc1. The van der Waals surface area contributed by atoms with E-state index in [4.69, 9.17) is 4.74 Å². The van der Waals surface area contributed by atoms with Crippen molar-refractivity contribution in [2.75, 3.05) is 0 Å². The molecule has 2 nitrogen and oxygen atoms in total. The van der Waals surface area contributed by atoms with Gasteiger partial charge in [0.2, 0.25) is 0 Å². The Labute approximate surface area is 267 Å². The van der Waals surface area contributed by atoms with Crippen LogP contribution in [0.1, 0.15) is 11.1 Å². The molecule has 216 valence electrons. The first kappa shape index (κ1) is 25.5. The highest BCUT2D eigenvalue weighted by molar-refractivity contribution is 6.11. The van der Waals surface area contributed by atoms with E-state index in [1.54, 1.807) is 0 Å². The maximum Gasteiger partial charge on any atom is 0.135 e. The highest BCUT2D eigenvalue weighted by Crippen LogP contribution is 2.48. The number of hydrogen-bond donors (Lipinski definition) is 0. The molecule has 7 aromatic carbocycles. The lowest BCUT2D eigenvalue weighted by Crippen LogP contribution is -2.05. The van der Waals surface area contributed by atoms with Crippen molar-refractivity contribution < 1.29 is 4.74 Å². The molecule has 0 unspecified atom stereocenters. The number of aryl methyl sites for hydroxylation is 2. The van der Waals surface area contributed by atoms with Gasteiger partial charge in [0.25, 0.3) is 0 Å². The Balaban J connectivity index is 1.19. The summed E-state index contributed by atoms with van der Waals surface area (Å²) in [6.45, 7) is 0. The molecule has 0 amide bonds. The van der Waals surface area contributed by atoms with Crippen molar-refractivity contribution in [3.05, 3.63) is 163 Å². The first-order valence-electron chi connectivity index (χ1n) is 16.1. The number of ether oxygens (including phenoxy) is 1. The van der Waals surface area contributed by atoms with Crippen LogP contribution in [0.3, 0.4) is 0 Å². The van der Waals surface area contributed by atoms with E-state index in [9.17, 15) is 0 Å². The number of fused-ring (bicyclic) bond motifs is 11. The summed E-state index contributed by atoms with van der Waals surface area (Å²) in [5.41, 5.74) is 16.3. The molecule has 46 heavy (non-hydrogen) atoms. The predicted octanol–water partition coefficient (Wildman–Crippen LogP) is 11.7. The Bertz CT molecular complexity index is 2500. The Morgan fingerprint density at radius 1 is 0.391 bits per heavy atom. The van der Waals surface area contributed by atoms with Crippen molar-refractivity contribution in [3.63, 3.8) is 0 Å². The molecule has 1 aliphatic carbocycles. The molecule has 2 heterocycles. The van der Waals surface area contributed by atoms with Gasteiger partial charge in [-0.05, 0) is 106 Å². The molecule has 0 bridgehead atoms. The van der Waals surface area contributed by atoms with Crippen LogP contribution in [0.2, 0.25) is 0 Å². The minimum atomic E-state index is 0.880. The minimum Gasteiger partial charge on any atom is -0.456 e. The lowest BCUT2D eigenvalue weighted by molar-refractivity contribution is 0.487. The molecule has 8 aromatic rings. The molecular weight excluding hydrogens is 558 g/mol. The second kappa shape index (κ2) is 9.82. The minimum absolute atomic E-state index is 0.880. The van der Waals surface area contributed by atoms with Gasteiger partial charge in [-0.25, -0.2) is 0 Å². The van der Waals surface area contributed by atoms with Crippen LogP contribution in [-0.4, -0.2) is 4.57 Å². The van der Waals surface area contributed by atoms with E-state index in [2.05, 4.69) is 150 Å². The van der Waals surface area contributed by atoms with Crippen molar-refractivity contribution in [2.24, 2.45) is 0 Å². The summed E-state index contributed by atoms with van der Waals surface area (Å²) in [7, 11) is 0. The second-order valence-electron chi connectivity index (χ2n) is 12.4. The highest BCUT2D eigenvalue weighted by atomic mass is 16.5. The number of para-hydroxylation sites is 2. The fourth-order valence-electron chi connectivity index (χ4n) is 7.72. The topological polar surface area (TPSA) is 14.2 Å². The van der Waals surface area contributed by atoms with Gasteiger partial charge in [-0.2, -0.15) is 0 Å². The van der Waals surface area contributed by atoms with Crippen LogP contribution in [-0.2, 0) is 12.8 Å². The zero-order chi connectivity index (χ0) is 30.2. The summed E-state index contributed by atoms with van der Waals surface area (Å²) in [5, 5.41) is 2.55. The van der Waals surface area contributed by atoms with Gasteiger partial charge in [0, 0.05) is 27.6 Å². The summed E-state index contributed by atoms with van der Waals surface area (Å²) < 4.78 is 9.02. The molecule has 2 heteroatoms. The van der Waals surface area contributed by atoms with Crippen molar-refractivity contribution in [1.82, 2.24) is 4.57 Å². The largest absolute Gasteiger partial charge is 0.456 e. The van der Waals surface area contributed by atoms with Crippen LogP contribution < -0.4 is 4.74 Å². The average molecular weight is 588 g/mol. The first-order chi connectivity index (χ1) is 22.8. The van der Waals surface area contributed by atoms with E-state index in [0.29, 0.717) is 0 Å². The van der Waals surface area contributed by atoms with Crippen molar-refractivity contribution in [2.45, 2.75) is 12.8 Å². The fraction of sp³-hybridized carbons (Fsp3) is 0.0455. The van der Waals surface area contributed by atoms with Crippen LogP contribution in [0.25, 0.3) is 72.0 Å². The summed E-state index contributed by atoms with van der Waals surface area (Å²) >= 11 is 0. The van der Waals surface area contributed by atoms with Gasteiger partial charge in [-0.1, -0.05) is 103 Å². The molecule has 0 radical (unpaired) electrons. The normalized spacial score (nSPS) is 12.8. The highest BCUT2D eigenvalue weighted by Gasteiger charge is 2.24. The number of hydrogen-bond acceptors (Lipinski definition) is 1. The summed E-state index contributed by atoms with van der Waals surface area (Å²) in [5.74, 6) is 1.77. The Hall–Kier alpha value is -5.86. The zero-order valence-corrected chi connectivity index (χ0v) is 25.2. The van der Waals surface area contributed by atoms with Crippen molar-refractivity contribution in [1.29, 1.82) is 0 Å². The van der Waals surface area contributed by atoms with Crippen LogP contribution >= 0.6 is 0 Å². The van der Waals surface area contributed by atoms with E-state index in [1.165, 1.54) is 66.3 Å². The Morgan fingerprint density at radius 2 is 1.09 bits per heavy atom. The van der Waals surface area contributed by atoms with E-state index in [-0.39, 0.29) is 0 Å². The zero-order valence-electron chi connectivity index (χ0n) is 25.2. The third kappa shape index (κ3) is 3.77. The number of aromatic nitrogens is 1. The Morgan fingerprint density at radius 3 is 1.98 bits per heavy atom. The van der Waals surface area contributed by atoms with Gasteiger partial charge in [-0.15, -0.1) is 0 Å².